The van der Waals surface area contributed by atoms with Crippen LogP contribution in [0.1, 0.15) is 28.8 Å². The molecule has 3 nitrogen and oxygen atoms in total. The van der Waals surface area contributed by atoms with Crippen molar-refractivity contribution in [1.82, 2.24) is 0 Å². The second-order valence-corrected chi connectivity index (χ2v) is 4.10. The van der Waals surface area contributed by atoms with Crippen molar-refractivity contribution in [3.05, 3.63) is 35.4 Å². The lowest BCUT2D eigenvalue weighted by atomic mass is 9.95. The molecule has 80 valence electrons. The van der Waals surface area contributed by atoms with Gasteiger partial charge in [0.25, 0.3) is 0 Å². The van der Waals surface area contributed by atoms with Gasteiger partial charge in [-0.2, -0.15) is 0 Å². The standard InChI is InChI=1S/C12H14O3/c1-15-8-12(5-6-12)10-4-2-3-9(7-10)11(13)14/h2-4,7H,5-6,8H2,1H3,(H,13,14). The van der Waals surface area contributed by atoms with Crippen molar-refractivity contribution in [2.75, 3.05) is 13.7 Å². The molecular weight excluding hydrogens is 192 g/mol. The summed E-state index contributed by atoms with van der Waals surface area (Å²) in [6.07, 6.45) is 2.17. The maximum atomic E-state index is 10.8. The molecule has 15 heavy (non-hydrogen) atoms. The van der Waals surface area contributed by atoms with Crippen molar-refractivity contribution in [3.8, 4) is 0 Å². The van der Waals surface area contributed by atoms with E-state index in [0.29, 0.717) is 12.2 Å². The number of carbonyl (C=O) groups is 1. The van der Waals surface area contributed by atoms with E-state index in [2.05, 4.69) is 0 Å². The lowest BCUT2D eigenvalue weighted by Gasteiger charge is -2.14. The topological polar surface area (TPSA) is 46.5 Å². The third-order valence-electron chi connectivity index (χ3n) is 3.00. The molecule has 1 aromatic carbocycles. The summed E-state index contributed by atoms with van der Waals surface area (Å²) in [5.74, 6) is -0.870. The van der Waals surface area contributed by atoms with Gasteiger partial charge in [0.1, 0.15) is 0 Å². The number of methoxy groups -OCH3 is 1. The number of carboxylic acids is 1. The zero-order chi connectivity index (χ0) is 10.9. The van der Waals surface area contributed by atoms with Gasteiger partial charge in [-0.25, -0.2) is 4.79 Å². The van der Waals surface area contributed by atoms with E-state index in [1.54, 1.807) is 25.3 Å². The Hall–Kier alpha value is -1.35. The molecule has 0 saturated heterocycles. The molecule has 0 aliphatic heterocycles. The summed E-state index contributed by atoms with van der Waals surface area (Å²) in [5, 5.41) is 8.89. The van der Waals surface area contributed by atoms with Crippen LogP contribution in [0.3, 0.4) is 0 Å². The van der Waals surface area contributed by atoms with E-state index >= 15 is 0 Å². The van der Waals surface area contributed by atoms with Crippen LogP contribution in [0.25, 0.3) is 0 Å². The summed E-state index contributed by atoms with van der Waals surface area (Å²) in [6.45, 7) is 0.677. The van der Waals surface area contributed by atoms with E-state index in [-0.39, 0.29) is 5.41 Å². The predicted molar refractivity (Wildman–Crippen MR) is 56.2 cm³/mol. The number of carboxylic acid groups (broad SMARTS) is 1. The van der Waals surface area contributed by atoms with Gasteiger partial charge in [0.15, 0.2) is 0 Å². The van der Waals surface area contributed by atoms with Crippen LogP contribution < -0.4 is 0 Å². The Morgan fingerprint density at radius 2 is 2.27 bits per heavy atom. The Morgan fingerprint density at radius 1 is 1.53 bits per heavy atom. The molecule has 2 rings (SSSR count). The number of rotatable bonds is 4. The number of hydrogen-bond acceptors (Lipinski definition) is 2. The first kappa shape index (κ1) is 10.2. The van der Waals surface area contributed by atoms with Gasteiger partial charge in [0, 0.05) is 12.5 Å². The van der Waals surface area contributed by atoms with Gasteiger partial charge in [-0.3, -0.25) is 0 Å². The lowest BCUT2D eigenvalue weighted by molar-refractivity contribution is 0.0696. The predicted octanol–water partition coefficient (Wildman–Crippen LogP) is 2.06. The van der Waals surface area contributed by atoms with Crippen LogP contribution in [0.15, 0.2) is 24.3 Å². The largest absolute Gasteiger partial charge is 0.478 e. The molecule has 0 atom stereocenters. The van der Waals surface area contributed by atoms with Crippen LogP contribution in [0.4, 0.5) is 0 Å². The zero-order valence-corrected chi connectivity index (χ0v) is 8.69. The fraction of sp³-hybridized carbons (Fsp3) is 0.417. The van der Waals surface area contributed by atoms with Crippen molar-refractivity contribution in [2.24, 2.45) is 0 Å². The molecule has 0 aromatic heterocycles. The summed E-state index contributed by atoms with van der Waals surface area (Å²) in [6, 6.07) is 7.16. The van der Waals surface area contributed by atoms with E-state index in [0.717, 1.165) is 18.4 Å². The van der Waals surface area contributed by atoms with Crippen molar-refractivity contribution >= 4 is 5.97 Å². The Kier molecular flexibility index (Phi) is 2.49. The number of ether oxygens (including phenoxy) is 1. The summed E-state index contributed by atoms with van der Waals surface area (Å²) in [7, 11) is 1.68. The molecule has 1 aliphatic carbocycles. The lowest BCUT2D eigenvalue weighted by Crippen LogP contribution is -2.14. The highest BCUT2D eigenvalue weighted by atomic mass is 16.5. The van der Waals surface area contributed by atoms with Gasteiger partial charge in [0.2, 0.25) is 0 Å². The summed E-state index contributed by atoms with van der Waals surface area (Å²) >= 11 is 0. The summed E-state index contributed by atoms with van der Waals surface area (Å²) in [5.41, 5.74) is 1.53. The highest BCUT2D eigenvalue weighted by molar-refractivity contribution is 5.87. The Labute approximate surface area is 88.7 Å². The molecule has 0 unspecified atom stereocenters. The van der Waals surface area contributed by atoms with Crippen molar-refractivity contribution in [1.29, 1.82) is 0 Å². The molecule has 0 heterocycles. The van der Waals surface area contributed by atoms with Crippen LogP contribution in [0.2, 0.25) is 0 Å². The first-order chi connectivity index (χ1) is 7.18. The van der Waals surface area contributed by atoms with E-state index in [1.165, 1.54) is 0 Å². The first-order valence-electron chi connectivity index (χ1n) is 5.01. The monoisotopic (exact) mass is 206 g/mol. The third kappa shape index (κ3) is 1.88. The van der Waals surface area contributed by atoms with Gasteiger partial charge in [-0.05, 0) is 30.5 Å². The SMILES string of the molecule is COCC1(c2cccc(C(=O)O)c2)CC1. The molecule has 0 amide bonds. The summed E-state index contributed by atoms with van der Waals surface area (Å²) < 4.78 is 5.18. The quantitative estimate of drug-likeness (QED) is 0.820. The van der Waals surface area contributed by atoms with Crippen LogP contribution >= 0.6 is 0 Å². The fourth-order valence-corrected chi connectivity index (χ4v) is 1.93. The molecule has 1 fully saturated rings. The maximum absolute atomic E-state index is 10.8. The molecule has 0 bridgehead atoms. The van der Waals surface area contributed by atoms with Crippen LogP contribution in [-0.4, -0.2) is 24.8 Å². The minimum atomic E-state index is -0.870. The van der Waals surface area contributed by atoms with E-state index in [1.807, 2.05) is 6.07 Å². The highest BCUT2D eigenvalue weighted by Crippen LogP contribution is 2.48. The first-order valence-corrected chi connectivity index (χ1v) is 5.01. The van der Waals surface area contributed by atoms with Gasteiger partial charge in [0.05, 0.1) is 12.2 Å². The van der Waals surface area contributed by atoms with Gasteiger partial charge < -0.3 is 9.84 Å². The zero-order valence-electron chi connectivity index (χ0n) is 8.69. The smallest absolute Gasteiger partial charge is 0.335 e. The van der Waals surface area contributed by atoms with E-state index < -0.39 is 5.97 Å². The fourth-order valence-electron chi connectivity index (χ4n) is 1.93. The van der Waals surface area contributed by atoms with Crippen molar-refractivity contribution < 1.29 is 14.6 Å². The molecule has 1 N–H and O–H groups in total. The van der Waals surface area contributed by atoms with Gasteiger partial charge >= 0.3 is 5.97 Å². The van der Waals surface area contributed by atoms with Crippen molar-refractivity contribution in [3.63, 3.8) is 0 Å². The molecule has 0 radical (unpaired) electrons. The van der Waals surface area contributed by atoms with Crippen LogP contribution in [0, 0.1) is 0 Å². The molecular formula is C12H14O3. The highest BCUT2D eigenvalue weighted by Gasteiger charge is 2.44. The molecule has 3 heteroatoms. The Balaban J connectivity index is 2.29. The second kappa shape index (κ2) is 3.66. The second-order valence-electron chi connectivity index (χ2n) is 4.10. The molecule has 1 aromatic rings. The number of aromatic carboxylic acids is 1. The average molecular weight is 206 g/mol. The Bertz CT molecular complexity index is 380. The average Bonchev–Trinajstić information content (AvgIpc) is 3.00. The molecule has 1 saturated carbocycles. The minimum absolute atomic E-state index is 0.0835. The van der Waals surface area contributed by atoms with Gasteiger partial charge in [-0.1, -0.05) is 12.1 Å². The van der Waals surface area contributed by atoms with E-state index in [4.69, 9.17) is 9.84 Å². The number of benzene rings is 1. The Morgan fingerprint density at radius 3 is 2.80 bits per heavy atom. The van der Waals surface area contributed by atoms with Crippen molar-refractivity contribution in [2.45, 2.75) is 18.3 Å². The molecule has 0 spiro atoms. The van der Waals surface area contributed by atoms with Gasteiger partial charge in [-0.15, -0.1) is 0 Å². The normalized spacial score (nSPS) is 17.4. The van der Waals surface area contributed by atoms with E-state index in [9.17, 15) is 4.79 Å². The third-order valence-corrected chi connectivity index (χ3v) is 3.00. The molecule has 1 aliphatic rings. The van der Waals surface area contributed by atoms with Crippen LogP contribution in [0.5, 0.6) is 0 Å². The maximum Gasteiger partial charge on any atom is 0.335 e. The number of hydrogen-bond donors (Lipinski definition) is 1. The summed E-state index contributed by atoms with van der Waals surface area (Å²) in [4.78, 5) is 10.8. The van der Waals surface area contributed by atoms with Crippen LogP contribution in [-0.2, 0) is 10.2 Å². The minimum Gasteiger partial charge on any atom is -0.478 e.